The van der Waals surface area contributed by atoms with Crippen molar-refractivity contribution in [2.45, 2.75) is 57.3 Å². The molecule has 0 aromatic carbocycles. The van der Waals surface area contributed by atoms with Crippen molar-refractivity contribution in [2.24, 2.45) is 5.73 Å². The van der Waals surface area contributed by atoms with Crippen LogP contribution in [-0.4, -0.2) is 53.3 Å². The molecule has 3 rings (SSSR count). The molecule has 8 nitrogen and oxygen atoms in total. The molecule has 2 aliphatic heterocycles. The molecule has 31 heavy (non-hydrogen) atoms. The Hall–Kier alpha value is -2.89. The van der Waals surface area contributed by atoms with Gasteiger partial charge in [-0.25, -0.2) is 0 Å². The Bertz CT molecular complexity index is 914. The number of nitriles is 1. The molecule has 8 heteroatoms. The predicted octanol–water partition coefficient (Wildman–Crippen LogP) is 1.87. The van der Waals surface area contributed by atoms with Crippen LogP contribution in [0.5, 0.6) is 0 Å². The van der Waals surface area contributed by atoms with Crippen LogP contribution in [0.2, 0.25) is 0 Å². The number of nitrogens with two attached hydrogens (primary N) is 1. The van der Waals surface area contributed by atoms with Gasteiger partial charge in [0.2, 0.25) is 0 Å². The number of rotatable bonds is 7. The highest BCUT2D eigenvalue weighted by Crippen LogP contribution is 2.40. The van der Waals surface area contributed by atoms with Gasteiger partial charge in [-0.1, -0.05) is 13.8 Å². The van der Waals surface area contributed by atoms with Gasteiger partial charge in [-0.15, -0.1) is 0 Å². The summed E-state index contributed by atoms with van der Waals surface area (Å²) in [5.74, 6) is -0.184. The van der Waals surface area contributed by atoms with Crippen molar-refractivity contribution in [3.8, 4) is 6.07 Å². The smallest absolute Gasteiger partial charge is 0.257 e. The fraction of sp³-hybridized carbons (Fsp3) is 0.522. The number of hydrogen-bond acceptors (Lipinski definition) is 7. The first-order valence-corrected chi connectivity index (χ1v) is 10.7. The molecular weight excluding hydrogens is 392 g/mol. The Morgan fingerprint density at radius 3 is 2.61 bits per heavy atom. The molecule has 2 aliphatic rings. The zero-order valence-electron chi connectivity index (χ0n) is 18.7. The Labute approximate surface area is 184 Å². The lowest BCUT2D eigenvalue weighted by Gasteiger charge is -2.38. The number of dihydropyridines is 1. The molecule has 0 aliphatic carbocycles. The largest absolute Gasteiger partial charge is 0.369 e. The lowest BCUT2D eigenvalue weighted by molar-refractivity contribution is -0.118. The van der Waals surface area contributed by atoms with Crippen LogP contribution in [0.1, 0.15) is 45.6 Å². The first-order chi connectivity index (χ1) is 14.8. The number of ether oxygens (including phenoxy) is 1. The topological polar surface area (TPSA) is 116 Å². The van der Waals surface area contributed by atoms with E-state index in [9.17, 15) is 10.1 Å². The number of hydrogen-bond donors (Lipinski definition) is 3. The summed E-state index contributed by atoms with van der Waals surface area (Å²) in [5.41, 5.74) is 7.09. The van der Waals surface area contributed by atoms with Crippen molar-refractivity contribution < 1.29 is 9.53 Å². The summed E-state index contributed by atoms with van der Waals surface area (Å²) in [6.45, 7) is 7.35. The van der Waals surface area contributed by atoms with Gasteiger partial charge in [0.15, 0.2) is 0 Å². The van der Waals surface area contributed by atoms with Crippen LogP contribution in [0.25, 0.3) is 5.57 Å². The fourth-order valence-corrected chi connectivity index (χ4v) is 4.20. The van der Waals surface area contributed by atoms with Crippen molar-refractivity contribution in [1.29, 1.82) is 5.26 Å². The number of pyridine rings is 1. The van der Waals surface area contributed by atoms with Gasteiger partial charge in [0.1, 0.15) is 6.07 Å². The molecule has 1 fully saturated rings. The van der Waals surface area contributed by atoms with Gasteiger partial charge >= 0.3 is 0 Å². The van der Waals surface area contributed by atoms with E-state index in [1.165, 1.54) is 7.11 Å². The maximum absolute atomic E-state index is 13.4. The Balaban J connectivity index is 2.20. The van der Waals surface area contributed by atoms with Gasteiger partial charge in [-0.3, -0.25) is 9.78 Å². The van der Waals surface area contributed by atoms with E-state index in [0.29, 0.717) is 29.9 Å². The van der Waals surface area contributed by atoms with Crippen LogP contribution in [0.4, 0.5) is 0 Å². The highest BCUT2D eigenvalue weighted by atomic mass is 16.5. The minimum absolute atomic E-state index is 0.0717. The van der Waals surface area contributed by atoms with E-state index in [0.717, 1.165) is 24.8 Å². The van der Waals surface area contributed by atoms with Gasteiger partial charge < -0.3 is 26.0 Å². The molecule has 1 unspecified atom stereocenters. The standard InChI is InChI=1S/C23H32N6O2/c1-5-17(6-2)28-21(30)18-13-27-23(14-24,31-4)19(16-7-10-26-11-8-16)20(18)29-12-9-22(3,25)15-29/h7-8,10-11,13,17,27H,5-6,9,12,15,25H2,1-4H3,(H,28,30)/t22-,23?/m0/s1. The third kappa shape index (κ3) is 4.43. The molecular formula is C23H32N6O2. The third-order valence-electron chi connectivity index (χ3n) is 6.08. The number of nitrogens with one attached hydrogen (secondary N) is 2. The monoisotopic (exact) mass is 424 g/mol. The zero-order valence-corrected chi connectivity index (χ0v) is 18.7. The Morgan fingerprint density at radius 1 is 1.42 bits per heavy atom. The predicted molar refractivity (Wildman–Crippen MR) is 119 cm³/mol. The summed E-state index contributed by atoms with van der Waals surface area (Å²) >= 11 is 0. The highest BCUT2D eigenvalue weighted by molar-refractivity contribution is 6.02. The van der Waals surface area contributed by atoms with Crippen molar-refractivity contribution in [3.63, 3.8) is 0 Å². The summed E-state index contributed by atoms with van der Waals surface area (Å²) in [5, 5.41) is 16.3. The zero-order chi connectivity index (χ0) is 22.6. The van der Waals surface area contributed by atoms with Gasteiger partial charge in [0.05, 0.1) is 16.8 Å². The van der Waals surface area contributed by atoms with E-state index in [2.05, 4.69) is 26.6 Å². The van der Waals surface area contributed by atoms with Crippen LogP contribution < -0.4 is 16.4 Å². The first-order valence-electron chi connectivity index (χ1n) is 10.7. The number of carbonyl (C=O) groups excluding carboxylic acids is 1. The number of nitrogens with zero attached hydrogens (tertiary/aromatic N) is 3. The lowest BCUT2D eigenvalue weighted by Crippen LogP contribution is -2.51. The number of aromatic nitrogens is 1. The van der Waals surface area contributed by atoms with E-state index in [4.69, 9.17) is 10.5 Å². The van der Waals surface area contributed by atoms with Gasteiger partial charge in [-0.05, 0) is 43.9 Å². The second kappa shape index (κ2) is 9.08. The summed E-state index contributed by atoms with van der Waals surface area (Å²) in [4.78, 5) is 19.6. The molecule has 4 N–H and O–H groups in total. The maximum Gasteiger partial charge on any atom is 0.257 e. The van der Waals surface area contributed by atoms with E-state index >= 15 is 0 Å². The molecule has 166 valence electrons. The van der Waals surface area contributed by atoms with Gasteiger partial charge in [-0.2, -0.15) is 5.26 Å². The lowest BCUT2D eigenvalue weighted by atomic mass is 9.88. The number of methoxy groups -OCH3 is 1. The number of carbonyl (C=O) groups is 1. The second-order valence-electron chi connectivity index (χ2n) is 8.47. The Morgan fingerprint density at radius 2 is 2.10 bits per heavy atom. The summed E-state index contributed by atoms with van der Waals surface area (Å²) in [6.07, 6.45) is 7.38. The second-order valence-corrected chi connectivity index (χ2v) is 8.47. The van der Waals surface area contributed by atoms with E-state index in [1.54, 1.807) is 18.6 Å². The molecule has 1 aromatic heterocycles. The third-order valence-corrected chi connectivity index (χ3v) is 6.08. The summed E-state index contributed by atoms with van der Waals surface area (Å²) in [6, 6.07) is 5.98. The van der Waals surface area contributed by atoms with Crippen molar-refractivity contribution in [3.05, 3.63) is 47.6 Å². The highest BCUT2D eigenvalue weighted by Gasteiger charge is 2.45. The summed E-state index contributed by atoms with van der Waals surface area (Å²) < 4.78 is 5.70. The molecule has 0 saturated carbocycles. The molecule has 1 saturated heterocycles. The SMILES string of the molecule is CCC(CC)NC(=O)C1=CNC(C#N)(OC)C(c2ccncc2)=C1N1CC[C@](C)(N)C1. The van der Waals surface area contributed by atoms with Crippen molar-refractivity contribution in [2.75, 3.05) is 20.2 Å². The minimum atomic E-state index is -1.44. The molecule has 1 amide bonds. The molecule has 3 heterocycles. The molecule has 1 aromatic rings. The first kappa shape index (κ1) is 22.8. The number of amides is 1. The van der Waals surface area contributed by atoms with E-state index < -0.39 is 5.72 Å². The normalized spacial score (nSPS) is 25.8. The number of likely N-dealkylation sites (tertiary alicyclic amines) is 1. The molecule has 2 atom stereocenters. The van der Waals surface area contributed by atoms with Gasteiger partial charge in [0.25, 0.3) is 11.6 Å². The quantitative estimate of drug-likeness (QED) is 0.612. The molecule has 0 spiro atoms. The van der Waals surface area contributed by atoms with Crippen LogP contribution in [0.3, 0.4) is 0 Å². The van der Waals surface area contributed by atoms with E-state index in [1.807, 2.05) is 32.9 Å². The molecule has 0 radical (unpaired) electrons. The van der Waals surface area contributed by atoms with Crippen molar-refractivity contribution >= 4 is 11.5 Å². The van der Waals surface area contributed by atoms with E-state index in [-0.39, 0.29) is 17.5 Å². The maximum atomic E-state index is 13.4. The van der Waals surface area contributed by atoms with Crippen molar-refractivity contribution in [1.82, 2.24) is 20.5 Å². The Kier molecular flexibility index (Phi) is 6.68. The van der Waals surface area contributed by atoms with Crippen LogP contribution in [0.15, 0.2) is 42.0 Å². The van der Waals surface area contributed by atoms with Crippen LogP contribution >= 0.6 is 0 Å². The fourth-order valence-electron chi connectivity index (χ4n) is 4.20. The van der Waals surface area contributed by atoms with Gasteiger partial charge in [0, 0.05) is 50.4 Å². The minimum Gasteiger partial charge on any atom is -0.369 e. The van der Waals surface area contributed by atoms with Crippen LogP contribution in [-0.2, 0) is 9.53 Å². The molecule has 0 bridgehead atoms. The average Bonchev–Trinajstić information content (AvgIpc) is 3.16. The average molecular weight is 425 g/mol. The van der Waals surface area contributed by atoms with Crippen LogP contribution in [0, 0.1) is 11.3 Å². The summed E-state index contributed by atoms with van der Waals surface area (Å²) in [7, 11) is 1.48.